The fraction of sp³-hybridized carbons (Fsp3) is 0.278. The predicted molar refractivity (Wildman–Crippen MR) is 91.7 cm³/mol. The zero-order chi connectivity index (χ0) is 16.2. The maximum atomic E-state index is 13.2. The molecule has 1 heterocycles. The van der Waals surface area contributed by atoms with Gasteiger partial charge in [0, 0.05) is 42.8 Å². The van der Waals surface area contributed by atoms with Crippen LogP contribution in [0.4, 0.5) is 4.39 Å². The molecule has 2 aromatic carbocycles. The molecule has 0 spiro atoms. The number of halogens is 2. The van der Waals surface area contributed by atoms with Crippen molar-refractivity contribution in [1.29, 1.82) is 0 Å². The van der Waals surface area contributed by atoms with Gasteiger partial charge >= 0.3 is 0 Å². The maximum Gasteiger partial charge on any atom is 0.253 e. The molecule has 3 rings (SSSR count). The fourth-order valence-electron chi connectivity index (χ4n) is 2.81. The summed E-state index contributed by atoms with van der Waals surface area (Å²) in [5.41, 5.74) is 1.68. The number of carbonyl (C=O) groups excluding carboxylic acids is 1. The highest BCUT2D eigenvalue weighted by Gasteiger charge is 2.22. The molecule has 1 fully saturated rings. The first-order chi connectivity index (χ1) is 11.1. The third kappa shape index (κ3) is 4.18. The van der Waals surface area contributed by atoms with Crippen molar-refractivity contribution in [3.63, 3.8) is 0 Å². The summed E-state index contributed by atoms with van der Waals surface area (Å²) in [4.78, 5) is 16.6. The first-order valence-electron chi connectivity index (χ1n) is 7.63. The van der Waals surface area contributed by atoms with Crippen LogP contribution in [0.2, 0.25) is 0 Å². The number of benzene rings is 2. The Bertz CT molecular complexity index is 699. The number of piperazine rings is 1. The van der Waals surface area contributed by atoms with E-state index >= 15 is 0 Å². The van der Waals surface area contributed by atoms with E-state index in [0.29, 0.717) is 18.7 Å². The van der Waals surface area contributed by atoms with Crippen LogP contribution < -0.4 is 0 Å². The van der Waals surface area contributed by atoms with Crippen LogP contribution in [0.15, 0.2) is 53.0 Å². The van der Waals surface area contributed by atoms with Crippen LogP contribution in [0.25, 0.3) is 0 Å². The van der Waals surface area contributed by atoms with Gasteiger partial charge in [-0.2, -0.15) is 0 Å². The molecule has 120 valence electrons. The largest absolute Gasteiger partial charge is 0.336 e. The average molecular weight is 377 g/mol. The molecule has 1 aliphatic rings. The van der Waals surface area contributed by atoms with Crippen molar-refractivity contribution in [3.05, 3.63) is 69.9 Å². The lowest BCUT2D eigenvalue weighted by atomic mass is 10.1. The van der Waals surface area contributed by atoms with Crippen LogP contribution in [-0.2, 0) is 6.54 Å². The van der Waals surface area contributed by atoms with E-state index in [-0.39, 0.29) is 11.7 Å². The second kappa shape index (κ2) is 7.23. The minimum absolute atomic E-state index is 0.0664. The van der Waals surface area contributed by atoms with E-state index in [1.807, 2.05) is 35.2 Å². The predicted octanol–water partition coefficient (Wildman–Crippen LogP) is 3.55. The zero-order valence-electron chi connectivity index (χ0n) is 12.7. The Morgan fingerprint density at radius 2 is 1.78 bits per heavy atom. The van der Waals surface area contributed by atoms with Crippen LogP contribution >= 0.6 is 15.9 Å². The number of hydrogen-bond donors (Lipinski definition) is 0. The van der Waals surface area contributed by atoms with Crippen LogP contribution in [0.1, 0.15) is 15.9 Å². The maximum absolute atomic E-state index is 13.2. The summed E-state index contributed by atoms with van der Waals surface area (Å²) in [6, 6.07) is 14.2. The molecule has 0 radical (unpaired) electrons. The van der Waals surface area contributed by atoms with E-state index in [1.165, 1.54) is 6.07 Å². The normalized spacial score (nSPS) is 15.7. The summed E-state index contributed by atoms with van der Waals surface area (Å²) in [7, 11) is 0. The standard InChI is InChI=1S/C18H18BrFN2O/c19-16-5-2-4-15(12-16)18(23)22-9-7-21(8-10-22)13-14-3-1-6-17(20)11-14/h1-6,11-12H,7-10,13H2. The molecule has 0 saturated carbocycles. The number of rotatable bonds is 3. The number of amides is 1. The second-order valence-corrected chi connectivity index (χ2v) is 6.62. The highest BCUT2D eigenvalue weighted by Crippen LogP contribution is 2.16. The van der Waals surface area contributed by atoms with Gasteiger partial charge in [-0.25, -0.2) is 4.39 Å². The zero-order valence-corrected chi connectivity index (χ0v) is 14.3. The van der Waals surface area contributed by atoms with E-state index in [2.05, 4.69) is 20.8 Å². The Morgan fingerprint density at radius 3 is 2.48 bits per heavy atom. The Kier molecular flexibility index (Phi) is 5.08. The molecule has 0 N–H and O–H groups in total. The third-order valence-corrected chi connectivity index (χ3v) is 4.52. The molecule has 0 unspecified atom stereocenters. The first kappa shape index (κ1) is 16.1. The van der Waals surface area contributed by atoms with Gasteiger partial charge in [0.15, 0.2) is 0 Å². The van der Waals surface area contributed by atoms with E-state index in [1.54, 1.807) is 12.1 Å². The van der Waals surface area contributed by atoms with Crippen molar-refractivity contribution in [2.75, 3.05) is 26.2 Å². The summed E-state index contributed by atoms with van der Waals surface area (Å²) in [6.07, 6.45) is 0. The van der Waals surface area contributed by atoms with E-state index in [4.69, 9.17) is 0 Å². The molecule has 0 bridgehead atoms. The lowest BCUT2D eigenvalue weighted by Crippen LogP contribution is -2.48. The topological polar surface area (TPSA) is 23.6 Å². The van der Waals surface area contributed by atoms with E-state index in [0.717, 1.165) is 29.7 Å². The van der Waals surface area contributed by atoms with E-state index < -0.39 is 0 Å². The summed E-state index contributed by atoms with van der Waals surface area (Å²) in [5.74, 6) is -0.136. The minimum Gasteiger partial charge on any atom is -0.336 e. The number of hydrogen-bond acceptors (Lipinski definition) is 2. The van der Waals surface area contributed by atoms with Crippen molar-refractivity contribution in [3.8, 4) is 0 Å². The molecule has 2 aromatic rings. The summed E-state index contributed by atoms with van der Waals surface area (Å²) in [6.45, 7) is 3.71. The van der Waals surface area contributed by atoms with Crippen molar-refractivity contribution < 1.29 is 9.18 Å². The Hall–Kier alpha value is -1.72. The van der Waals surface area contributed by atoms with Crippen molar-refractivity contribution in [2.45, 2.75) is 6.54 Å². The highest BCUT2D eigenvalue weighted by atomic mass is 79.9. The van der Waals surface area contributed by atoms with Crippen LogP contribution in [0.3, 0.4) is 0 Å². The molecule has 1 aliphatic heterocycles. The smallest absolute Gasteiger partial charge is 0.253 e. The molecule has 5 heteroatoms. The Morgan fingerprint density at radius 1 is 1.04 bits per heavy atom. The van der Waals surface area contributed by atoms with Crippen molar-refractivity contribution in [1.82, 2.24) is 9.80 Å². The van der Waals surface area contributed by atoms with Gasteiger partial charge in [-0.3, -0.25) is 9.69 Å². The van der Waals surface area contributed by atoms with Crippen LogP contribution in [0.5, 0.6) is 0 Å². The minimum atomic E-state index is -0.203. The molecular weight excluding hydrogens is 359 g/mol. The lowest BCUT2D eigenvalue weighted by molar-refractivity contribution is 0.0628. The number of nitrogens with zero attached hydrogens (tertiary/aromatic N) is 2. The molecule has 0 atom stereocenters. The summed E-state index contributed by atoms with van der Waals surface area (Å²) in [5, 5.41) is 0. The lowest BCUT2D eigenvalue weighted by Gasteiger charge is -2.34. The summed E-state index contributed by atoms with van der Waals surface area (Å²) >= 11 is 3.40. The quantitative estimate of drug-likeness (QED) is 0.817. The third-order valence-electron chi connectivity index (χ3n) is 4.03. The average Bonchev–Trinajstić information content (AvgIpc) is 2.55. The van der Waals surface area contributed by atoms with Crippen molar-refractivity contribution >= 4 is 21.8 Å². The molecule has 1 saturated heterocycles. The van der Waals surface area contributed by atoms with Gasteiger partial charge in [0.2, 0.25) is 0 Å². The molecule has 3 nitrogen and oxygen atoms in total. The monoisotopic (exact) mass is 376 g/mol. The Balaban J connectivity index is 1.57. The van der Waals surface area contributed by atoms with Gasteiger partial charge in [0.25, 0.3) is 5.91 Å². The second-order valence-electron chi connectivity index (χ2n) is 5.71. The molecule has 23 heavy (non-hydrogen) atoms. The van der Waals surface area contributed by atoms with Crippen LogP contribution in [0, 0.1) is 5.82 Å². The molecule has 1 amide bonds. The number of carbonyl (C=O) groups is 1. The molecule has 0 aliphatic carbocycles. The first-order valence-corrected chi connectivity index (χ1v) is 8.43. The Labute approximate surface area is 143 Å². The van der Waals surface area contributed by atoms with Crippen LogP contribution in [-0.4, -0.2) is 41.9 Å². The fourth-order valence-corrected chi connectivity index (χ4v) is 3.21. The molecular formula is C18H18BrFN2O. The van der Waals surface area contributed by atoms with Gasteiger partial charge in [0.1, 0.15) is 5.82 Å². The molecule has 0 aromatic heterocycles. The van der Waals surface area contributed by atoms with Gasteiger partial charge in [0.05, 0.1) is 0 Å². The van der Waals surface area contributed by atoms with Gasteiger partial charge in [-0.15, -0.1) is 0 Å². The van der Waals surface area contributed by atoms with Crippen molar-refractivity contribution in [2.24, 2.45) is 0 Å². The van der Waals surface area contributed by atoms with Gasteiger partial charge in [-0.05, 0) is 35.9 Å². The summed E-state index contributed by atoms with van der Waals surface area (Å²) < 4.78 is 14.1. The SMILES string of the molecule is O=C(c1cccc(Br)c1)N1CCN(Cc2cccc(F)c2)CC1. The van der Waals surface area contributed by atoms with Gasteiger partial charge in [-0.1, -0.05) is 34.1 Å². The highest BCUT2D eigenvalue weighted by molar-refractivity contribution is 9.10. The van der Waals surface area contributed by atoms with Gasteiger partial charge < -0.3 is 4.90 Å². The van der Waals surface area contributed by atoms with E-state index in [9.17, 15) is 9.18 Å².